The molecule has 0 saturated carbocycles. The van der Waals surface area contributed by atoms with Crippen molar-refractivity contribution in [3.05, 3.63) is 81.7 Å². The summed E-state index contributed by atoms with van der Waals surface area (Å²) >= 11 is 0. The molecule has 0 bridgehead atoms. The van der Waals surface area contributed by atoms with Crippen molar-refractivity contribution >= 4 is 23.1 Å². The molecule has 2 aromatic rings. The average Bonchev–Trinajstić information content (AvgIpc) is 3.02. The molecule has 0 aliphatic carbocycles. The zero-order valence-corrected chi connectivity index (χ0v) is 14.4. The molecule has 0 fully saturated rings. The molecule has 1 aliphatic heterocycles. The summed E-state index contributed by atoms with van der Waals surface area (Å²) in [5.74, 6) is -1.32. The fraction of sp³-hybridized carbons (Fsp3) is 0.158. The van der Waals surface area contributed by atoms with Crippen molar-refractivity contribution < 1.29 is 24.0 Å². The summed E-state index contributed by atoms with van der Waals surface area (Å²) in [4.78, 5) is 34.9. The lowest BCUT2D eigenvalue weighted by Crippen LogP contribution is -2.18. The third kappa shape index (κ3) is 4.12. The third-order valence-corrected chi connectivity index (χ3v) is 3.92. The van der Waals surface area contributed by atoms with Crippen molar-refractivity contribution in [1.29, 1.82) is 0 Å². The minimum absolute atomic E-state index is 0.0300. The number of benzene rings is 2. The van der Waals surface area contributed by atoms with Crippen LogP contribution >= 0.6 is 0 Å². The van der Waals surface area contributed by atoms with Crippen molar-refractivity contribution in [2.45, 2.75) is 13.0 Å². The molecule has 138 valence electrons. The van der Waals surface area contributed by atoms with E-state index in [4.69, 9.17) is 9.47 Å². The number of anilines is 1. The first-order valence-electron chi connectivity index (χ1n) is 8.13. The van der Waals surface area contributed by atoms with E-state index in [1.165, 1.54) is 18.2 Å². The number of nitro groups is 1. The van der Waals surface area contributed by atoms with Crippen LogP contribution in [0.4, 0.5) is 11.4 Å². The largest absolute Gasteiger partial charge is 0.470 e. The number of non-ortho nitro benzene ring substituents is 1. The van der Waals surface area contributed by atoms with Crippen LogP contribution in [0.25, 0.3) is 0 Å². The van der Waals surface area contributed by atoms with Crippen molar-refractivity contribution in [2.75, 3.05) is 11.9 Å². The van der Waals surface area contributed by atoms with Gasteiger partial charge in [0, 0.05) is 17.8 Å². The Balaban J connectivity index is 1.78. The number of nitrogens with zero attached hydrogens (tertiary/aromatic N) is 1. The molecule has 1 atom stereocenters. The van der Waals surface area contributed by atoms with E-state index in [9.17, 15) is 19.7 Å². The number of Topliss-reactive ketones (excluding diaryl/α,β-unsaturated/α-hetero) is 1. The van der Waals surface area contributed by atoms with Crippen LogP contribution in [0.5, 0.6) is 0 Å². The van der Waals surface area contributed by atoms with Crippen LogP contribution in [0.3, 0.4) is 0 Å². The van der Waals surface area contributed by atoms with E-state index in [1.807, 2.05) is 6.07 Å². The van der Waals surface area contributed by atoms with E-state index in [1.54, 1.807) is 37.3 Å². The van der Waals surface area contributed by atoms with Crippen molar-refractivity contribution in [3.8, 4) is 0 Å². The van der Waals surface area contributed by atoms with Crippen molar-refractivity contribution in [3.63, 3.8) is 0 Å². The number of hydrogen-bond donors (Lipinski definition) is 1. The van der Waals surface area contributed by atoms with E-state index in [0.717, 1.165) is 0 Å². The Labute approximate surface area is 154 Å². The summed E-state index contributed by atoms with van der Waals surface area (Å²) in [6.07, 6.45) is -0.781. The van der Waals surface area contributed by atoms with Gasteiger partial charge in [-0.05, 0) is 24.6 Å². The Morgan fingerprint density at radius 3 is 2.67 bits per heavy atom. The van der Waals surface area contributed by atoms with Gasteiger partial charge in [-0.15, -0.1) is 0 Å². The minimum Gasteiger partial charge on any atom is -0.470 e. The highest BCUT2D eigenvalue weighted by molar-refractivity contribution is 6.19. The summed E-state index contributed by atoms with van der Waals surface area (Å²) in [6, 6.07) is 14.7. The van der Waals surface area contributed by atoms with Gasteiger partial charge < -0.3 is 14.8 Å². The molecule has 2 aromatic carbocycles. The van der Waals surface area contributed by atoms with Gasteiger partial charge in [-0.1, -0.05) is 30.3 Å². The Morgan fingerprint density at radius 2 is 1.96 bits per heavy atom. The van der Waals surface area contributed by atoms with Gasteiger partial charge in [0.05, 0.1) is 4.92 Å². The summed E-state index contributed by atoms with van der Waals surface area (Å²) in [7, 11) is 0. The number of nitro benzene ring substituents is 1. The third-order valence-electron chi connectivity index (χ3n) is 3.92. The van der Waals surface area contributed by atoms with E-state index in [-0.39, 0.29) is 23.8 Å². The number of esters is 1. The highest BCUT2D eigenvalue weighted by Gasteiger charge is 2.33. The molecule has 0 radical (unpaired) electrons. The van der Waals surface area contributed by atoms with E-state index >= 15 is 0 Å². The molecule has 8 heteroatoms. The molecule has 0 saturated heterocycles. The minimum atomic E-state index is -0.852. The highest BCUT2D eigenvalue weighted by Crippen LogP contribution is 2.25. The van der Waals surface area contributed by atoms with Gasteiger partial charge in [-0.25, -0.2) is 4.79 Å². The number of rotatable bonds is 6. The van der Waals surface area contributed by atoms with Gasteiger partial charge in [-0.2, -0.15) is 0 Å². The molecule has 0 spiro atoms. The van der Waals surface area contributed by atoms with Gasteiger partial charge in [0.1, 0.15) is 6.10 Å². The monoisotopic (exact) mass is 368 g/mol. The normalized spacial score (nSPS) is 14.5. The topological polar surface area (TPSA) is 108 Å². The number of carbonyl (C=O) groups excluding carboxylic acids is 2. The molecule has 8 nitrogen and oxygen atoms in total. The molecule has 0 unspecified atom stereocenters. The highest BCUT2D eigenvalue weighted by atomic mass is 16.6. The van der Waals surface area contributed by atoms with Crippen LogP contribution in [0, 0.1) is 10.1 Å². The van der Waals surface area contributed by atoms with Crippen LogP contribution in [0.15, 0.2) is 66.1 Å². The molecule has 1 N–H and O–H groups in total. The fourth-order valence-electron chi connectivity index (χ4n) is 2.55. The Kier molecular flexibility index (Phi) is 5.16. The number of hydrogen-bond acceptors (Lipinski definition) is 7. The Morgan fingerprint density at radius 1 is 1.22 bits per heavy atom. The first kappa shape index (κ1) is 18.1. The van der Waals surface area contributed by atoms with Crippen LogP contribution in [-0.4, -0.2) is 23.3 Å². The molecule has 1 aliphatic rings. The predicted octanol–water partition coefficient (Wildman–Crippen LogP) is 3.12. The predicted molar refractivity (Wildman–Crippen MR) is 95.7 cm³/mol. The summed E-state index contributed by atoms with van der Waals surface area (Å²) in [6.45, 7) is 1.31. The average molecular weight is 368 g/mol. The first-order valence-corrected chi connectivity index (χ1v) is 8.13. The second-order valence-corrected chi connectivity index (χ2v) is 5.81. The SMILES string of the molecule is C[C@H](OC(=O)C1=C(Nc2ccccc2)OCC1=O)c1cccc([N+](=O)[O-])c1. The maximum Gasteiger partial charge on any atom is 0.348 e. The zero-order valence-electron chi connectivity index (χ0n) is 14.4. The lowest BCUT2D eigenvalue weighted by molar-refractivity contribution is -0.385. The first-order chi connectivity index (χ1) is 13.0. The number of nitrogens with one attached hydrogen (secondary N) is 1. The summed E-state index contributed by atoms with van der Waals surface area (Å²) in [5, 5.41) is 13.8. The van der Waals surface area contributed by atoms with Crippen LogP contribution in [-0.2, 0) is 19.1 Å². The van der Waals surface area contributed by atoms with E-state index in [2.05, 4.69) is 5.32 Å². The second-order valence-electron chi connectivity index (χ2n) is 5.81. The summed E-state index contributed by atoms with van der Waals surface area (Å²) in [5.41, 5.74) is 0.777. The van der Waals surface area contributed by atoms with Crippen LogP contribution < -0.4 is 5.32 Å². The van der Waals surface area contributed by atoms with Gasteiger partial charge in [0.25, 0.3) is 5.69 Å². The Hall–Kier alpha value is -3.68. The van der Waals surface area contributed by atoms with Crippen molar-refractivity contribution in [2.24, 2.45) is 0 Å². The van der Waals surface area contributed by atoms with Crippen molar-refractivity contribution in [1.82, 2.24) is 0 Å². The van der Waals surface area contributed by atoms with Gasteiger partial charge >= 0.3 is 5.97 Å². The maximum absolute atomic E-state index is 12.5. The van der Waals surface area contributed by atoms with Crippen LogP contribution in [0.2, 0.25) is 0 Å². The number of carbonyl (C=O) groups is 2. The number of ether oxygens (including phenoxy) is 2. The lowest BCUT2D eigenvalue weighted by atomic mass is 10.1. The quantitative estimate of drug-likeness (QED) is 0.361. The molecule has 0 amide bonds. The standard InChI is InChI=1S/C19H16N2O6/c1-12(13-6-5-9-15(10-13)21(24)25)27-19(23)17-16(22)11-26-18(17)20-14-7-3-2-4-8-14/h2-10,12,20H,11H2,1H3/t12-/m0/s1. The zero-order chi connectivity index (χ0) is 19.4. The second kappa shape index (κ2) is 7.69. The molecular weight excluding hydrogens is 352 g/mol. The molecule has 27 heavy (non-hydrogen) atoms. The maximum atomic E-state index is 12.5. The number of ketones is 1. The molecule has 0 aromatic heterocycles. The molecular formula is C19H16N2O6. The Bertz CT molecular complexity index is 923. The fourth-order valence-corrected chi connectivity index (χ4v) is 2.55. The molecule has 1 heterocycles. The van der Waals surface area contributed by atoms with E-state index in [0.29, 0.717) is 11.3 Å². The lowest BCUT2D eigenvalue weighted by Gasteiger charge is -2.14. The van der Waals surface area contributed by atoms with Gasteiger partial charge in [-0.3, -0.25) is 14.9 Å². The van der Waals surface area contributed by atoms with Crippen LogP contribution in [0.1, 0.15) is 18.6 Å². The smallest absolute Gasteiger partial charge is 0.348 e. The number of para-hydroxylation sites is 1. The summed E-state index contributed by atoms with van der Waals surface area (Å²) < 4.78 is 10.6. The van der Waals surface area contributed by atoms with Gasteiger partial charge in [0.15, 0.2) is 12.2 Å². The van der Waals surface area contributed by atoms with E-state index < -0.39 is 22.8 Å². The molecule has 3 rings (SSSR count). The van der Waals surface area contributed by atoms with Gasteiger partial charge in [0.2, 0.25) is 11.7 Å².